The number of carboxylic acid groups (broad SMARTS) is 1. The van der Waals surface area contributed by atoms with Crippen LogP contribution in [0.15, 0.2) is 18.2 Å². The van der Waals surface area contributed by atoms with Gasteiger partial charge in [0.25, 0.3) is 0 Å². The van der Waals surface area contributed by atoms with Gasteiger partial charge in [-0.05, 0) is 38.1 Å². The van der Waals surface area contributed by atoms with Gasteiger partial charge in [0.2, 0.25) is 0 Å². The predicted octanol–water partition coefficient (Wildman–Crippen LogP) is 2.81. The summed E-state index contributed by atoms with van der Waals surface area (Å²) in [6.07, 6.45) is 0.0215. The number of carbonyl (C=O) groups is 1. The Balaban J connectivity index is 1.97. The number of benzene rings is 1. The molecule has 6 heteroatoms. The van der Waals surface area contributed by atoms with Crippen molar-refractivity contribution in [1.29, 1.82) is 0 Å². The van der Waals surface area contributed by atoms with Crippen molar-refractivity contribution in [2.45, 2.75) is 20.3 Å². The average Bonchev–Trinajstić information content (AvgIpc) is 2.94. The van der Waals surface area contributed by atoms with Crippen molar-refractivity contribution < 1.29 is 9.90 Å². The molecule has 1 aromatic carbocycles. The Kier molecular flexibility index (Phi) is 4.87. The number of piperazine rings is 1. The van der Waals surface area contributed by atoms with Crippen molar-refractivity contribution in [1.82, 2.24) is 9.88 Å². The molecule has 0 aliphatic carbocycles. The molecular formula is C18H23N3O2S. The summed E-state index contributed by atoms with van der Waals surface area (Å²) in [4.78, 5) is 21.5. The van der Waals surface area contributed by atoms with Crippen LogP contribution in [0.5, 0.6) is 0 Å². The summed E-state index contributed by atoms with van der Waals surface area (Å²) in [6.45, 7) is 8.03. The third-order valence-electron chi connectivity index (χ3n) is 4.55. The monoisotopic (exact) mass is 345 g/mol. The van der Waals surface area contributed by atoms with Crippen LogP contribution in [-0.4, -0.2) is 54.2 Å². The van der Waals surface area contributed by atoms with E-state index in [0.717, 1.165) is 47.4 Å². The molecule has 1 aromatic heterocycles. The molecule has 3 rings (SSSR count). The molecule has 0 spiro atoms. The fraction of sp³-hybridized carbons (Fsp3) is 0.444. The maximum absolute atomic E-state index is 11.3. The minimum absolute atomic E-state index is 0.0215. The predicted molar refractivity (Wildman–Crippen MR) is 98.1 cm³/mol. The molecule has 24 heavy (non-hydrogen) atoms. The van der Waals surface area contributed by atoms with Crippen molar-refractivity contribution in [3.8, 4) is 11.3 Å². The van der Waals surface area contributed by atoms with E-state index in [2.05, 4.69) is 42.8 Å². The number of hydrogen-bond acceptors (Lipinski definition) is 5. The molecule has 2 aromatic rings. The first-order chi connectivity index (χ1) is 11.4. The molecule has 2 heterocycles. The highest BCUT2D eigenvalue weighted by Crippen LogP contribution is 2.34. The van der Waals surface area contributed by atoms with E-state index in [-0.39, 0.29) is 6.42 Å². The van der Waals surface area contributed by atoms with Crippen molar-refractivity contribution in [2.24, 2.45) is 0 Å². The number of anilines is 1. The molecule has 5 nitrogen and oxygen atoms in total. The number of carboxylic acids is 1. The van der Waals surface area contributed by atoms with Crippen molar-refractivity contribution >= 4 is 22.4 Å². The maximum atomic E-state index is 11.3. The normalized spacial score (nSPS) is 15.7. The van der Waals surface area contributed by atoms with Crippen LogP contribution in [0.2, 0.25) is 0 Å². The van der Waals surface area contributed by atoms with Gasteiger partial charge in [-0.3, -0.25) is 4.79 Å². The quantitative estimate of drug-likeness (QED) is 0.923. The number of aryl methyl sites for hydroxylation is 2. The topological polar surface area (TPSA) is 56.7 Å². The van der Waals surface area contributed by atoms with Crippen molar-refractivity contribution in [3.05, 3.63) is 34.2 Å². The lowest BCUT2D eigenvalue weighted by molar-refractivity contribution is -0.136. The largest absolute Gasteiger partial charge is 0.481 e. The first kappa shape index (κ1) is 16.9. The molecule has 1 aliphatic rings. The van der Waals surface area contributed by atoms with Crippen LogP contribution in [-0.2, 0) is 11.2 Å². The first-order valence-electron chi connectivity index (χ1n) is 8.16. The van der Waals surface area contributed by atoms with Crippen LogP contribution in [0.4, 0.5) is 5.13 Å². The van der Waals surface area contributed by atoms with E-state index in [1.807, 2.05) is 6.07 Å². The van der Waals surface area contributed by atoms with Gasteiger partial charge < -0.3 is 14.9 Å². The Morgan fingerprint density at radius 3 is 2.54 bits per heavy atom. The van der Waals surface area contributed by atoms with Gasteiger partial charge in [0.1, 0.15) is 0 Å². The van der Waals surface area contributed by atoms with Gasteiger partial charge in [-0.1, -0.05) is 12.1 Å². The second-order valence-corrected chi connectivity index (χ2v) is 7.49. The molecule has 0 amide bonds. The third kappa shape index (κ3) is 3.60. The Hall–Kier alpha value is -1.92. The Bertz CT molecular complexity index is 749. The summed E-state index contributed by atoms with van der Waals surface area (Å²) < 4.78 is 0. The van der Waals surface area contributed by atoms with E-state index in [1.165, 1.54) is 22.5 Å². The van der Waals surface area contributed by atoms with Gasteiger partial charge in [0, 0.05) is 36.6 Å². The number of hydrogen-bond donors (Lipinski definition) is 1. The highest BCUT2D eigenvalue weighted by atomic mass is 32.1. The zero-order valence-corrected chi connectivity index (χ0v) is 15.2. The van der Waals surface area contributed by atoms with E-state index < -0.39 is 5.97 Å². The maximum Gasteiger partial charge on any atom is 0.308 e. The van der Waals surface area contributed by atoms with Gasteiger partial charge in [-0.15, -0.1) is 11.3 Å². The Morgan fingerprint density at radius 2 is 1.92 bits per heavy atom. The molecule has 0 saturated carbocycles. The summed E-state index contributed by atoms with van der Waals surface area (Å²) in [7, 11) is 2.12. The number of thiazole rings is 1. The van der Waals surface area contributed by atoms with Gasteiger partial charge in [-0.25, -0.2) is 4.98 Å². The lowest BCUT2D eigenvalue weighted by atomic mass is 10.0. The zero-order chi connectivity index (χ0) is 17.3. The van der Waals surface area contributed by atoms with Crippen LogP contribution in [0, 0.1) is 13.8 Å². The summed E-state index contributed by atoms with van der Waals surface area (Å²) in [5.41, 5.74) is 4.25. The number of aliphatic carboxylic acids is 1. The van der Waals surface area contributed by atoms with Crippen LogP contribution in [0.25, 0.3) is 11.3 Å². The standard InChI is InChI=1S/C18H23N3O2S/c1-12-4-5-14(10-13(12)2)17-15(11-16(22)23)24-18(19-17)21-8-6-20(3)7-9-21/h4-5,10H,6-9,11H2,1-3H3,(H,22,23). The van der Waals surface area contributed by atoms with Gasteiger partial charge >= 0.3 is 5.97 Å². The van der Waals surface area contributed by atoms with Crippen LogP contribution < -0.4 is 4.90 Å². The minimum Gasteiger partial charge on any atom is -0.481 e. The highest BCUT2D eigenvalue weighted by molar-refractivity contribution is 7.16. The van der Waals surface area contributed by atoms with Gasteiger partial charge in [0.05, 0.1) is 12.1 Å². The molecule has 128 valence electrons. The smallest absolute Gasteiger partial charge is 0.308 e. The number of nitrogens with zero attached hydrogens (tertiary/aromatic N) is 3. The summed E-state index contributed by atoms with van der Waals surface area (Å²) in [5.74, 6) is -0.811. The molecule has 1 fully saturated rings. The molecular weight excluding hydrogens is 322 g/mol. The molecule has 1 N–H and O–H groups in total. The molecule has 0 unspecified atom stereocenters. The highest BCUT2D eigenvalue weighted by Gasteiger charge is 2.22. The lowest BCUT2D eigenvalue weighted by Gasteiger charge is -2.32. The second-order valence-electron chi connectivity index (χ2n) is 6.43. The number of rotatable bonds is 4. The van der Waals surface area contributed by atoms with Crippen LogP contribution in [0.1, 0.15) is 16.0 Å². The summed E-state index contributed by atoms with van der Waals surface area (Å²) >= 11 is 1.52. The minimum atomic E-state index is -0.811. The zero-order valence-electron chi connectivity index (χ0n) is 14.4. The van der Waals surface area contributed by atoms with E-state index in [0.29, 0.717) is 0 Å². The van der Waals surface area contributed by atoms with E-state index >= 15 is 0 Å². The molecule has 1 saturated heterocycles. The van der Waals surface area contributed by atoms with Crippen LogP contribution in [0.3, 0.4) is 0 Å². The van der Waals surface area contributed by atoms with Crippen molar-refractivity contribution in [3.63, 3.8) is 0 Å². The number of likely N-dealkylation sites (N-methyl/N-ethyl adjacent to an activating group) is 1. The molecule has 1 aliphatic heterocycles. The summed E-state index contributed by atoms with van der Waals surface area (Å²) in [5, 5.41) is 10.2. The van der Waals surface area contributed by atoms with Crippen molar-refractivity contribution in [2.75, 3.05) is 38.1 Å². The number of aromatic nitrogens is 1. The van der Waals surface area contributed by atoms with E-state index in [9.17, 15) is 9.90 Å². The van der Waals surface area contributed by atoms with Crippen LogP contribution >= 0.6 is 11.3 Å². The molecule has 0 radical (unpaired) electrons. The third-order valence-corrected chi connectivity index (χ3v) is 5.67. The Morgan fingerprint density at radius 1 is 1.21 bits per heavy atom. The van der Waals surface area contributed by atoms with Gasteiger partial charge in [-0.2, -0.15) is 0 Å². The van der Waals surface area contributed by atoms with E-state index in [1.54, 1.807) is 0 Å². The second kappa shape index (κ2) is 6.91. The molecule has 0 bridgehead atoms. The summed E-state index contributed by atoms with van der Waals surface area (Å²) in [6, 6.07) is 6.21. The first-order valence-corrected chi connectivity index (χ1v) is 8.98. The fourth-order valence-electron chi connectivity index (χ4n) is 2.84. The lowest BCUT2D eigenvalue weighted by Crippen LogP contribution is -2.44. The Labute approximate surface area is 146 Å². The SMILES string of the molecule is Cc1ccc(-c2nc(N3CCN(C)CC3)sc2CC(=O)O)cc1C. The fourth-order valence-corrected chi connectivity index (χ4v) is 3.97. The molecule has 0 atom stereocenters. The average molecular weight is 345 g/mol. The van der Waals surface area contributed by atoms with Gasteiger partial charge in [0.15, 0.2) is 5.13 Å². The van der Waals surface area contributed by atoms with E-state index in [4.69, 9.17) is 4.98 Å².